The molecule has 0 saturated heterocycles. The molecule has 92 valence electrons. The summed E-state index contributed by atoms with van der Waals surface area (Å²) in [5.41, 5.74) is 5.85. The third-order valence-corrected chi connectivity index (χ3v) is 4.85. The molecule has 2 N–H and O–H groups in total. The minimum atomic E-state index is 0.283. The highest BCUT2D eigenvalue weighted by Gasteiger charge is 2.18. The third-order valence-electron chi connectivity index (χ3n) is 2.61. The molecule has 0 spiro atoms. The second kappa shape index (κ2) is 6.71. The smallest absolute Gasteiger partial charge is 0.0589 e. The van der Waals surface area contributed by atoms with Crippen LogP contribution in [0.4, 0.5) is 0 Å². The Labute approximate surface area is 110 Å². The van der Waals surface area contributed by atoms with Crippen LogP contribution in [0.2, 0.25) is 0 Å². The van der Waals surface area contributed by atoms with Gasteiger partial charge in [0.1, 0.15) is 0 Å². The Hall–Kier alpha value is 0.0600. The quantitative estimate of drug-likeness (QED) is 0.877. The average Bonchev–Trinajstić information content (AvgIpc) is 2.57. The van der Waals surface area contributed by atoms with Gasteiger partial charge in [-0.2, -0.15) is 0 Å². The van der Waals surface area contributed by atoms with Crippen LogP contribution in [0.1, 0.15) is 15.8 Å². The van der Waals surface area contributed by atoms with Crippen LogP contribution < -0.4 is 5.73 Å². The predicted octanol–water partition coefficient (Wildman–Crippen LogP) is 2.40. The maximum atomic E-state index is 5.85. The molecule has 16 heavy (non-hydrogen) atoms. The first-order chi connectivity index (χ1) is 7.60. The molecule has 0 aliphatic heterocycles. The van der Waals surface area contributed by atoms with Crippen molar-refractivity contribution in [3.8, 4) is 0 Å². The van der Waals surface area contributed by atoms with Crippen molar-refractivity contribution in [1.29, 1.82) is 0 Å². The van der Waals surface area contributed by atoms with E-state index in [2.05, 4.69) is 40.9 Å². The number of thiophene rings is 1. The van der Waals surface area contributed by atoms with Gasteiger partial charge in [0.05, 0.1) is 12.6 Å². The molecule has 1 unspecified atom stereocenters. The van der Waals surface area contributed by atoms with Crippen LogP contribution in [0.3, 0.4) is 0 Å². The fourth-order valence-electron chi connectivity index (χ4n) is 1.55. The maximum absolute atomic E-state index is 5.85. The number of likely N-dealkylation sites (N-methyl/N-ethyl adjacent to an activating group) is 1. The molecular formula is C11H19BrN2OS. The molecule has 0 radical (unpaired) electrons. The van der Waals surface area contributed by atoms with Crippen LogP contribution >= 0.6 is 27.3 Å². The van der Waals surface area contributed by atoms with Crippen LogP contribution in [0.25, 0.3) is 0 Å². The zero-order chi connectivity index (χ0) is 12.1. The lowest BCUT2D eigenvalue weighted by Gasteiger charge is -2.25. The summed E-state index contributed by atoms with van der Waals surface area (Å²) in [6.45, 7) is 4.37. The van der Waals surface area contributed by atoms with E-state index in [1.807, 2.05) is 0 Å². The van der Waals surface area contributed by atoms with E-state index in [0.29, 0.717) is 6.54 Å². The number of nitrogens with two attached hydrogens (primary N) is 1. The first kappa shape index (κ1) is 14.1. The van der Waals surface area contributed by atoms with Gasteiger partial charge in [0.2, 0.25) is 0 Å². The first-order valence-corrected chi connectivity index (χ1v) is 6.86. The Balaban J connectivity index is 2.73. The molecule has 0 fully saturated rings. The van der Waals surface area contributed by atoms with Crippen LogP contribution in [0.5, 0.6) is 0 Å². The van der Waals surface area contributed by atoms with Crippen molar-refractivity contribution in [1.82, 2.24) is 4.90 Å². The lowest BCUT2D eigenvalue weighted by atomic mass is 10.2. The number of hydrogen-bond donors (Lipinski definition) is 1. The zero-order valence-corrected chi connectivity index (χ0v) is 12.4. The maximum Gasteiger partial charge on any atom is 0.0589 e. The lowest BCUT2D eigenvalue weighted by molar-refractivity contribution is 0.141. The van der Waals surface area contributed by atoms with Crippen molar-refractivity contribution in [2.75, 3.05) is 33.9 Å². The Morgan fingerprint density at radius 3 is 2.75 bits per heavy atom. The fourth-order valence-corrected chi connectivity index (χ4v) is 3.29. The summed E-state index contributed by atoms with van der Waals surface area (Å²) in [5, 5.41) is 0. The number of hydrogen-bond acceptors (Lipinski definition) is 4. The molecule has 5 heteroatoms. The molecule has 0 aliphatic carbocycles. The molecule has 3 nitrogen and oxygen atoms in total. The highest BCUT2D eigenvalue weighted by atomic mass is 79.9. The van der Waals surface area contributed by atoms with E-state index in [-0.39, 0.29) is 6.04 Å². The van der Waals surface area contributed by atoms with Crippen LogP contribution in [0, 0.1) is 6.92 Å². The molecule has 0 aromatic carbocycles. The predicted molar refractivity (Wildman–Crippen MR) is 73.1 cm³/mol. The number of rotatable bonds is 6. The van der Waals surface area contributed by atoms with Gasteiger partial charge in [-0.25, -0.2) is 0 Å². The number of ether oxygens (including phenoxy) is 1. The summed E-state index contributed by atoms with van der Waals surface area (Å²) < 4.78 is 6.26. The first-order valence-electron chi connectivity index (χ1n) is 5.25. The third kappa shape index (κ3) is 3.53. The molecular weight excluding hydrogens is 288 g/mol. The second-order valence-electron chi connectivity index (χ2n) is 3.78. The van der Waals surface area contributed by atoms with Crippen molar-refractivity contribution in [3.05, 3.63) is 20.3 Å². The number of halogens is 1. The van der Waals surface area contributed by atoms with Gasteiger partial charge in [-0.1, -0.05) is 0 Å². The normalized spacial score (nSPS) is 13.4. The SMILES string of the molecule is COCCN(C)C(CN)c1cc(Br)c(C)s1. The number of aryl methyl sites for hydroxylation is 1. The topological polar surface area (TPSA) is 38.5 Å². The molecule has 0 bridgehead atoms. The Morgan fingerprint density at radius 1 is 1.62 bits per heavy atom. The highest BCUT2D eigenvalue weighted by Crippen LogP contribution is 2.32. The standard InChI is InChI=1S/C11H19BrN2OS/c1-8-9(12)6-11(16-8)10(7-13)14(2)4-5-15-3/h6,10H,4-5,7,13H2,1-3H3. The highest BCUT2D eigenvalue weighted by molar-refractivity contribution is 9.10. The van der Waals surface area contributed by atoms with E-state index in [1.54, 1.807) is 18.4 Å². The van der Waals surface area contributed by atoms with Gasteiger partial charge in [0, 0.05) is 34.4 Å². The van der Waals surface area contributed by atoms with Gasteiger partial charge >= 0.3 is 0 Å². The molecule has 1 heterocycles. The zero-order valence-electron chi connectivity index (χ0n) is 10.00. The molecule has 1 rings (SSSR count). The summed E-state index contributed by atoms with van der Waals surface area (Å²) in [6, 6.07) is 2.45. The van der Waals surface area contributed by atoms with Crippen LogP contribution in [-0.4, -0.2) is 38.8 Å². The van der Waals surface area contributed by atoms with Gasteiger partial charge in [0.15, 0.2) is 0 Å². The molecule has 0 amide bonds. The van der Waals surface area contributed by atoms with Gasteiger partial charge in [-0.15, -0.1) is 11.3 Å². The summed E-state index contributed by atoms with van der Waals surface area (Å²) in [7, 11) is 3.80. The van der Waals surface area contributed by atoms with Gasteiger partial charge in [-0.3, -0.25) is 4.90 Å². The molecule has 1 aromatic rings. The summed E-state index contributed by atoms with van der Waals surface area (Å²) in [4.78, 5) is 4.85. The van der Waals surface area contributed by atoms with E-state index < -0.39 is 0 Å². The van der Waals surface area contributed by atoms with Gasteiger partial charge in [-0.05, 0) is 36.0 Å². The van der Waals surface area contributed by atoms with E-state index in [9.17, 15) is 0 Å². The molecule has 1 aromatic heterocycles. The summed E-state index contributed by atoms with van der Waals surface area (Å²) >= 11 is 5.34. The van der Waals surface area contributed by atoms with Crippen molar-refractivity contribution in [3.63, 3.8) is 0 Å². The van der Waals surface area contributed by atoms with E-state index >= 15 is 0 Å². The van der Waals surface area contributed by atoms with Crippen molar-refractivity contribution in [2.24, 2.45) is 5.73 Å². The minimum Gasteiger partial charge on any atom is -0.383 e. The molecule has 0 saturated carbocycles. The van der Waals surface area contributed by atoms with Crippen molar-refractivity contribution in [2.45, 2.75) is 13.0 Å². The molecule has 0 aliphatic rings. The van der Waals surface area contributed by atoms with E-state index in [1.165, 1.54) is 14.2 Å². The van der Waals surface area contributed by atoms with E-state index in [0.717, 1.165) is 13.2 Å². The minimum absolute atomic E-state index is 0.283. The second-order valence-corrected chi connectivity index (χ2v) is 5.92. The summed E-state index contributed by atoms with van der Waals surface area (Å²) in [5.74, 6) is 0. The van der Waals surface area contributed by atoms with Crippen LogP contribution in [0.15, 0.2) is 10.5 Å². The van der Waals surface area contributed by atoms with Gasteiger partial charge in [0.25, 0.3) is 0 Å². The monoisotopic (exact) mass is 306 g/mol. The lowest BCUT2D eigenvalue weighted by Crippen LogP contribution is -2.32. The largest absolute Gasteiger partial charge is 0.383 e. The van der Waals surface area contributed by atoms with Crippen LogP contribution in [-0.2, 0) is 4.74 Å². The van der Waals surface area contributed by atoms with E-state index in [4.69, 9.17) is 10.5 Å². The summed E-state index contributed by atoms with van der Waals surface area (Å²) in [6.07, 6.45) is 0. The Bertz CT molecular complexity index is 310. The van der Waals surface area contributed by atoms with Gasteiger partial charge < -0.3 is 10.5 Å². The Morgan fingerprint density at radius 2 is 2.31 bits per heavy atom. The van der Waals surface area contributed by atoms with Crippen molar-refractivity contribution < 1.29 is 4.74 Å². The fraction of sp³-hybridized carbons (Fsp3) is 0.636. The Kier molecular flexibility index (Phi) is 5.92. The molecule has 1 atom stereocenters. The number of nitrogens with zero attached hydrogens (tertiary/aromatic N) is 1. The number of methoxy groups -OCH3 is 1. The average molecular weight is 307 g/mol. The van der Waals surface area contributed by atoms with Crippen molar-refractivity contribution >= 4 is 27.3 Å².